The lowest BCUT2D eigenvalue weighted by molar-refractivity contribution is -0.0872. The normalized spacial score (nSPS) is 24.5. The number of rotatable bonds is 3. The summed E-state index contributed by atoms with van der Waals surface area (Å²) >= 11 is 0. The first-order valence-corrected chi connectivity index (χ1v) is 8.84. The van der Waals surface area contributed by atoms with E-state index in [0.29, 0.717) is 11.3 Å². The highest BCUT2D eigenvalue weighted by Gasteiger charge is 2.47. The van der Waals surface area contributed by atoms with Crippen LogP contribution in [0.25, 0.3) is 11.0 Å². The van der Waals surface area contributed by atoms with Gasteiger partial charge in [0.25, 0.3) is 0 Å². The van der Waals surface area contributed by atoms with E-state index in [-0.39, 0.29) is 55.5 Å². The van der Waals surface area contributed by atoms with Gasteiger partial charge < -0.3 is 10.7 Å². The highest BCUT2D eigenvalue weighted by molar-refractivity contribution is 5.77. The fourth-order valence-electron chi connectivity index (χ4n) is 4.08. The first-order valence-electron chi connectivity index (χ1n) is 8.84. The Morgan fingerprint density at radius 2 is 1.73 bits per heavy atom. The number of H-pyrrole nitrogens is 1. The molecule has 2 saturated carbocycles. The number of imidazole rings is 1. The molecule has 0 unspecified atom stereocenters. The van der Waals surface area contributed by atoms with Gasteiger partial charge in [-0.3, -0.25) is 0 Å². The maximum Gasteiger partial charge on any atom is 0.249 e. The second-order valence-electron chi connectivity index (χ2n) is 7.67. The third-order valence-corrected chi connectivity index (χ3v) is 5.76. The van der Waals surface area contributed by atoms with Crippen LogP contribution in [0.15, 0.2) is 12.1 Å². The summed E-state index contributed by atoms with van der Waals surface area (Å²) in [6.45, 7) is 0. The molecule has 3 nitrogen and oxygen atoms in total. The number of nitrogens with two attached hydrogens (primary N) is 1. The Bertz CT molecular complexity index is 814. The average molecular weight is 373 g/mol. The van der Waals surface area contributed by atoms with E-state index in [0.717, 1.165) is 0 Å². The van der Waals surface area contributed by atoms with E-state index in [1.165, 1.54) is 6.07 Å². The molecule has 2 aromatic rings. The van der Waals surface area contributed by atoms with Gasteiger partial charge in [0.2, 0.25) is 11.8 Å². The number of hydrogen-bond acceptors (Lipinski definition) is 2. The van der Waals surface area contributed by atoms with Crippen molar-refractivity contribution in [2.45, 2.75) is 62.3 Å². The fraction of sp³-hybridized carbons (Fsp3) is 0.611. The molecule has 142 valence electrons. The molecule has 26 heavy (non-hydrogen) atoms. The molecule has 0 spiro atoms. The molecule has 2 aliphatic carbocycles. The quantitative estimate of drug-likeness (QED) is 0.741. The minimum atomic E-state index is -2.73. The van der Waals surface area contributed by atoms with Crippen LogP contribution in [0, 0.1) is 11.7 Å². The van der Waals surface area contributed by atoms with Gasteiger partial charge in [0.1, 0.15) is 11.3 Å². The number of benzene rings is 1. The van der Waals surface area contributed by atoms with E-state index in [9.17, 15) is 22.0 Å². The Morgan fingerprint density at radius 3 is 2.35 bits per heavy atom. The minimum absolute atomic E-state index is 0.0734. The van der Waals surface area contributed by atoms with Crippen LogP contribution < -0.4 is 5.73 Å². The van der Waals surface area contributed by atoms with Crippen LogP contribution in [0.4, 0.5) is 22.0 Å². The largest absolute Gasteiger partial charge is 0.341 e. The average Bonchev–Trinajstić information content (AvgIpc) is 2.97. The molecule has 1 heterocycles. The molecular weight excluding hydrogens is 353 g/mol. The number of aromatic amines is 1. The summed E-state index contributed by atoms with van der Waals surface area (Å²) in [6.07, 6.45) is -0.558. The highest BCUT2D eigenvalue weighted by Crippen LogP contribution is 2.49. The fourth-order valence-corrected chi connectivity index (χ4v) is 4.08. The second kappa shape index (κ2) is 5.90. The predicted octanol–water partition coefficient (Wildman–Crippen LogP) is 5.04. The number of nitrogens with one attached hydrogen (secondary N) is 1. The van der Waals surface area contributed by atoms with Crippen LogP contribution in [-0.2, 0) is 0 Å². The smallest absolute Gasteiger partial charge is 0.249 e. The molecule has 4 rings (SSSR count). The maximum atomic E-state index is 14.7. The third-order valence-electron chi connectivity index (χ3n) is 5.76. The van der Waals surface area contributed by atoms with Gasteiger partial charge in [0.05, 0.1) is 11.6 Å². The minimum Gasteiger partial charge on any atom is -0.341 e. The van der Waals surface area contributed by atoms with Crippen LogP contribution in [-0.4, -0.2) is 21.8 Å². The van der Waals surface area contributed by atoms with Gasteiger partial charge in [-0.1, -0.05) is 6.07 Å². The molecule has 1 aromatic heterocycles. The topological polar surface area (TPSA) is 54.7 Å². The van der Waals surface area contributed by atoms with Crippen molar-refractivity contribution in [3.63, 3.8) is 0 Å². The Morgan fingerprint density at radius 1 is 1.08 bits per heavy atom. The van der Waals surface area contributed by atoms with Crippen molar-refractivity contribution in [1.29, 1.82) is 0 Å². The summed E-state index contributed by atoms with van der Waals surface area (Å²) in [7, 11) is 0. The van der Waals surface area contributed by atoms with E-state index in [1.807, 2.05) is 0 Å². The highest BCUT2D eigenvalue weighted by atomic mass is 19.3. The predicted molar refractivity (Wildman–Crippen MR) is 86.8 cm³/mol. The number of fused-ring (bicyclic) bond motifs is 1. The molecule has 0 aliphatic heterocycles. The lowest BCUT2D eigenvalue weighted by Crippen LogP contribution is -2.34. The molecule has 0 bridgehead atoms. The Hall–Kier alpha value is -1.70. The van der Waals surface area contributed by atoms with Crippen molar-refractivity contribution in [1.82, 2.24) is 9.97 Å². The molecule has 0 radical (unpaired) electrons. The number of hydrogen-bond donors (Lipinski definition) is 2. The van der Waals surface area contributed by atoms with Gasteiger partial charge in [0.15, 0.2) is 5.82 Å². The summed E-state index contributed by atoms with van der Waals surface area (Å²) in [5, 5.41) is 0. The molecule has 3 N–H and O–H groups in total. The first-order chi connectivity index (χ1) is 12.2. The molecular formula is C18H20F5N3. The van der Waals surface area contributed by atoms with E-state index in [2.05, 4.69) is 9.97 Å². The van der Waals surface area contributed by atoms with Crippen molar-refractivity contribution in [2.24, 2.45) is 11.7 Å². The molecule has 2 aliphatic rings. The van der Waals surface area contributed by atoms with Crippen molar-refractivity contribution < 1.29 is 22.0 Å². The van der Waals surface area contributed by atoms with Crippen molar-refractivity contribution in [3.05, 3.63) is 29.3 Å². The van der Waals surface area contributed by atoms with Gasteiger partial charge in [-0.25, -0.2) is 26.9 Å². The number of nitrogens with zero attached hydrogens (tertiary/aromatic N) is 1. The standard InChI is InChI=1S/C18H20F5N3/c19-13-11(10-7-18(22,23)8-10)1-2-12-15(13)26-16(25-12)14(24)9-3-5-17(20,21)6-4-9/h1-2,9-10,14H,3-8,24H2,(H,25,26)/t14-/m0/s1. The van der Waals surface area contributed by atoms with Crippen LogP contribution in [0.5, 0.6) is 0 Å². The number of alkyl halides is 4. The monoisotopic (exact) mass is 373 g/mol. The zero-order chi connectivity index (χ0) is 18.7. The van der Waals surface area contributed by atoms with Crippen molar-refractivity contribution >= 4 is 11.0 Å². The molecule has 0 amide bonds. The van der Waals surface area contributed by atoms with Crippen molar-refractivity contribution in [2.75, 3.05) is 0 Å². The molecule has 2 fully saturated rings. The van der Waals surface area contributed by atoms with Gasteiger partial charge in [-0.15, -0.1) is 0 Å². The van der Waals surface area contributed by atoms with Gasteiger partial charge in [-0.2, -0.15) is 0 Å². The van der Waals surface area contributed by atoms with Crippen LogP contribution in [0.1, 0.15) is 61.9 Å². The van der Waals surface area contributed by atoms with E-state index < -0.39 is 29.6 Å². The van der Waals surface area contributed by atoms with Gasteiger partial charge in [0, 0.05) is 25.7 Å². The van der Waals surface area contributed by atoms with Crippen LogP contribution in [0.3, 0.4) is 0 Å². The maximum absolute atomic E-state index is 14.7. The van der Waals surface area contributed by atoms with Crippen LogP contribution in [0.2, 0.25) is 0 Å². The zero-order valence-electron chi connectivity index (χ0n) is 14.0. The Balaban J connectivity index is 1.57. The van der Waals surface area contributed by atoms with Gasteiger partial charge >= 0.3 is 0 Å². The number of aromatic nitrogens is 2. The summed E-state index contributed by atoms with van der Waals surface area (Å²) in [6, 6.07) is 2.53. The summed E-state index contributed by atoms with van der Waals surface area (Å²) in [5.41, 5.74) is 6.93. The summed E-state index contributed by atoms with van der Waals surface area (Å²) < 4.78 is 67.5. The third kappa shape index (κ3) is 3.08. The lowest BCUT2D eigenvalue weighted by atomic mass is 9.76. The Labute approximate surface area is 147 Å². The molecule has 1 atom stereocenters. The second-order valence-corrected chi connectivity index (χ2v) is 7.67. The van der Waals surface area contributed by atoms with E-state index >= 15 is 0 Å². The van der Waals surface area contributed by atoms with E-state index in [1.54, 1.807) is 6.07 Å². The SMILES string of the molecule is N[C@H](c1nc2c(F)c(C3CC(F)(F)C3)ccc2[nH]1)C1CCC(F)(F)CC1. The van der Waals surface area contributed by atoms with E-state index in [4.69, 9.17) is 5.73 Å². The van der Waals surface area contributed by atoms with Crippen molar-refractivity contribution in [3.8, 4) is 0 Å². The molecule has 0 saturated heterocycles. The van der Waals surface area contributed by atoms with Gasteiger partial charge in [-0.05, 0) is 36.3 Å². The Kier molecular flexibility index (Phi) is 4.02. The zero-order valence-corrected chi connectivity index (χ0v) is 14.0. The summed E-state index contributed by atoms with van der Waals surface area (Å²) in [5.74, 6) is -6.28. The van der Waals surface area contributed by atoms with Crippen LogP contribution >= 0.6 is 0 Å². The first kappa shape index (κ1) is 17.7. The summed E-state index contributed by atoms with van der Waals surface area (Å²) in [4.78, 5) is 7.19. The lowest BCUT2D eigenvalue weighted by Gasteiger charge is -2.35. The molecule has 8 heteroatoms. The molecule has 1 aromatic carbocycles. The number of halogens is 5.